The zero-order valence-corrected chi connectivity index (χ0v) is 11.7. The highest BCUT2D eigenvalue weighted by atomic mass is 14.9. The third-order valence-electron chi connectivity index (χ3n) is 3.40. The van der Waals surface area contributed by atoms with E-state index in [0.717, 1.165) is 18.2 Å². The average molecular weight is 234 g/mol. The van der Waals surface area contributed by atoms with Crippen molar-refractivity contribution in [1.29, 1.82) is 0 Å². The highest BCUT2D eigenvalue weighted by Crippen LogP contribution is 2.24. The molecule has 0 aliphatic carbocycles. The summed E-state index contributed by atoms with van der Waals surface area (Å²) in [5.41, 5.74) is 2.52. The quantitative estimate of drug-likeness (QED) is 0.774. The van der Waals surface area contributed by atoms with Crippen molar-refractivity contribution in [3.05, 3.63) is 29.6 Å². The molecule has 2 atom stereocenters. The first-order valence-corrected chi connectivity index (χ1v) is 6.83. The Labute approximate surface area is 106 Å². The van der Waals surface area contributed by atoms with Gasteiger partial charge in [-0.3, -0.25) is 4.98 Å². The first kappa shape index (κ1) is 14.2. The van der Waals surface area contributed by atoms with Crippen molar-refractivity contribution in [1.82, 2.24) is 10.3 Å². The summed E-state index contributed by atoms with van der Waals surface area (Å²) in [6.07, 6.45) is 5.49. The van der Waals surface area contributed by atoms with E-state index in [4.69, 9.17) is 0 Å². The van der Waals surface area contributed by atoms with Gasteiger partial charge in [0, 0.05) is 17.9 Å². The maximum atomic E-state index is 4.40. The first-order valence-electron chi connectivity index (χ1n) is 6.83. The summed E-state index contributed by atoms with van der Waals surface area (Å²) >= 11 is 0. The monoisotopic (exact) mass is 234 g/mol. The second-order valence-electron chi connectivity index (χ2n) is 4.93. The van der Waals surface area contributed by atoms with Crippen LogP contribution in [0.4, 0.5) is 0 Å². The largest absolute Gasteiger partial charge is 0.310 e. The molecule has 1 aromatic rings. The molecule has 0 amide bonds. The van der Waals surface area contributed by atoms with Crippen LogP contribution < -0.4 is 5.32 Å². The summed E-state index contributed by atoms with van der Waals surface area (Å²) in [6, 6.07) is 4.70. The maximum Gasteiger partial charge on any atom is 0.0420 e. The number of hydrogen-bond donors (Lipinski definition) is 1. The van der Waals surface area contributed by atoms with E-state index in [1.165, 1.54) is 24.8 Å². The number of nitrogens with one attached hydrogen (secondary N) is 1. The lowest BCUT2D eigenvalue weighted by molar-refractivity contribution is 0.400. The Kier molecular flexibility index (Phi) is 6.20. The highest BCUT2D eigenvalue weighted by Gasteiger charge is 2.15. The molecule has 1 aromatic heterocycles. The second kappa shape index (κ2) is 7.44. The van der Waals surface area contributed by atoms with E-state index < -0.39 is 0 Å². The second-order valence-corrected chi connectivity index (χ2v) is 4.93. The van der Waals surface area contributed by atoms with Crippen LogP contribution in [0.15, 0.2) is 18.3 Å². The Bertz CT molecular complexity index is 322. The van der Waals surface area contributed by atoms with Gasteiger partial charge in [-0.15, -0.1) is 0 Å². The molecule has 0 aromatic carbocycles. The van der Waals surface area contributed by atoms with Gasteiger partial charge in [0.05, 0.1) is 0 Å². The van der Waals surface area contributed by atoms with Gasteiger partial charge < -0.3 is 5.32 Å². The van der Waals surface area contributed by atoms with E-state index in [0.29, 0.717) is 6.04 Å². The lowest BCUT2D eigenvalue weighted by Gasteiger charge is -2.23. The van der Waals surface area contributed by atoms with Crippen LogP contribution >= 0.6 is 0 Å². The number of aromatic nitrogens is 1. The molecular formula is C15H26N2. The van der Waals surface area contributed by atoms with Crippen molar-refractivity contribution in [2.75, 3.05) is 6.54 Å². The Morgan fingerprint density at radius 3 is 2.71 bits per heavy atom. The van der Waals surface area contributed by atoms with E-state index >= 15 is 0 Å². The first-order chi connectivity index (χ1) is 8.19. The van der Waals surface area contributed by atoms with Crippen LogP contribution in [-0.4, -0.2) is 11.5 Å². The number of nitrogens with zero attached hydrogens (tertiary/aromatic N) is 1. The smallest absolute Gasteiger partial charge is 0.0420 e. The maximum absolute atomic E-state index is 4.40. The van der Waals surface area contributed by atoms with Gasteiger partial charge in [-0.05, 0) is 43.9 Å². The summed E-state index contributed by atoms with van der Waals surface area (Å²) in [5.74, 6) is 0.754. The summed E-state index contributed by atoms with van der Waals surface area (Å²) in [6.45, 7) is 9.98. The Balaban J connectivity index is 2.78. The molecule has 0 saturated heterocycles. The molecule has 0 fully saturated rings. The molecule has 0 spiro atoms. The van der Waals surface area contributed by atoms with Crippen molar-refractivity contribution >= 4 is 0 Å². The van der Waals surface area contributed by atoms with Crippen molar-refractivity contribution in [2.24, 2.45) is 5.92 Å². The number of hydrogen-bond acceptors (Lipinski definition) is 2. The third-order valence-corrected chi connectivity index (χ3v) is 3.40. The standard InChI is InChI=1S/C15H26N2/c1-5-9-17-15(11-12(3)6-2)14-8-7-10-16-13(14)4/h7-8,10,12,15,17H,5-6,9,11H2,1-4H3. The molecule has 1 N–H and O–H groups in total. The van der Waals surface area contributed by atoms with Gasteiger partial charge in [0.2, 0.25) is 0 Å². The lowest BCUT2D eigenvalue weighted by atomic mass is 9.93. The minimum absolute atomic E-state index is 0.457. The summed E-state index contributed by atoms with van der Waals surface area (Å²) < 4.78 is 0. The van der Waals surface area contributed by atoms with Gasteiger partial charge in [-0.1, -0.05) is 33.3 Å². The lowest BCUT2D eigenvalue weighted by Crippen LogP contribution is -2.24. The van der Waals surface area contributed by atoms with Crippen molar-refractivity contribution in [3.8, 4) is 0 Å². The van der Waals surface area contributed by atoms with Crippen LogP contribution in [0.1, 0.15) is 57.3 Å². The number of rotatable bonds is 7. The summed E-state index contributed by atoms with van der Waals surface area (Å²) in [4.78, 5) is 4.40. The average Bonchev–Trinajstić information content (AvgIpc) is 2.35. The van der Waals surface area contributed by atoms with Gasteiger partial charge in [0.15, 0.2) is 0 Å². The van der Waals surface area contributed by atoms with Crippen LogP contribution in [0.2, 0.25) is 0 Å². The van der Waals surface area contributed by atoms with Crippen LogP contribution in [0.5, 0.6) is 0 Å². The highest BCUT2D eigenvalue weighted by molar-refractivity contribution is 5.22. The molecule has 17 heavy (non-hydrogen) atoms. The van der Waals surface area contributed by atoms with E-state index in [1.807, 2.05) is 12.3 Å². The van der Waals surface area contributed by atoms with Crippen LogP contribution in [0.25, 0.3) is 0 Å². The van der Waals surface area contributed by atoms with Crippen molar-refractivity contribution in [2.45, 2.75) is 53.0 Å². The van der Waals surface area contributed by atoms with E-state index in [9.17, 15) is 0 Å². The van der Waals surface area contributed by atoms with E-state index in [1.54, 1.807) is 0 Å². The number of aryl methyl sites for hydroxylation is 1. The minimum Gasteiger partial charge on any atom is -0.310 e. The third kappa shape index (κ3) is 4.47. The van der Waals surface area contributed by atoms with E-state index in [-0.39, 0.29) is 0 Å². The Hall–Kier alpha value is -0.890. The molecule has 96 valence electrons. The molecule has 1 rings (SSSR count). The van der Waals surface area contributed by atoms with Gasteiger partial charge >= 0.3 is 0 Å². The Morgan fingerprint density at radius 2 is 2.12 bits per heavy atom. The normalized spacial score (nSPS) is 14.6. The molecule has 2 nitrogen and oxygen atoms in total. The minimum atomic E-state index is 0.457. The molecule has 0 bridgehead atoms. The fourth-order valence-corrected chi connectivity index (χ4v) is 2.07. The molecule has 1 heterocycles. The summed E-state index contributed by atoms with van der Waals surface area (Å²) in [5, 5.41) is 3.65. The van der Waals surface area contributed by atoms with Crippen LogP contribution in [-0.2, 0) is 0 Å². The predicted molar refractivity (Wildman–Crippen MR) is 74.1 cm³/mol. The molecule has 2 heteroatoms. The van der Waals surface area contributed by atoms with Crippen LogP contribution in [0, 0.1) is 12.8 Å². The zero-order chi connectivity index (χ0) is 12.7. The molecule has 0 aliphatic rings. The fraction of sp³-hybridized carbons (Fsp3) is 0.667. The van der Waals surface area contributed by atoms with Gasteiger partial charge in [0.25, 0.3) is 0 Å². The van der Waals surface area contributed by atoms with Crippen LogP contribution in [0.3, 0.4) is 0 Å². The van der Waals surface area contributed by atoms with Gasteiger partial charge in [-0.25, -0.2) is 0 Å². The fourth-order valence-electron chi connectivity index (χ4n) is 2.07. The molecule has 2 unspecified atom stereocenters. The molecule has 0 saturated carbocycles. The topological polar surface area (TPSA) is 24.9 Å². The van der Waals surface area contributed by atoms with Crippen molar-refractivity contribution in [3.63, 3.8) is 0 Å². The van der Waals surface area contributed by atoms with Gasteiger partial charge in [-0.2, -0.15) is 0 Å². The predicted octanol–water partition coefficient (Wildman–Crippen LogP) is 3.87. The number of pyridine rings is 1. The van der Waals surface area contributed by atoms with Crippen molar-refractivity contribution < 1.29 is 0 Å². The van der Waals surface area contributed by atoms with Gasteiger partial charge in [0.1, 0.15) is 0 Å². The molecule has 0 aliphatic heterocycles. The molecular weight excluding hydrogens is 208 g/mol. The Morgan fingerprint density at radius 1 is 1.35 bits per heavy atom. The molecule has 0 radical (unpaired) electrons. The van der Waals surface area contributed by atoms with E-state index in [2.05, 4.69) is 44.1 Å². The SMILES string of the molecule is CCCNC(CC(C)CC)c1cccnc1C. The summed E-state index contributed by atoms with van der Waals surface area (Å²) in [7, 11) is 0. The zero-order valence-electron chi connectivity index (χ0n) is 11.7.